The number of aromatic nitrogens is 1. The maximum absolute atomic E-state index is 12.2. The van der Waals surface area contributed by atoms with Gasteiger partial charge < -0.3 is 25.6 Å². The van der Waals surface area contributed by atoms with Crippen LogP contribution in [-0.2, 0) is 4.79 Å². The number of nitrogens with one attached hydrogen (secondary N) is 1. The number of nitrogens with zero attached hydrogens (tertiary/aromatic N) is 2. The molecule has 0 aromatic carbocycles. The molecule has 1 saturated carbocycles. The predicted molar refractivity (Wildman–Crippen MR) is 104 cm³/mol. The number of amides is 2. The molecule has 3 aliphatic rings. The lowest BCUT2D eigenvalue weighted by molar-refractivity contribution is -0.134. The fourth-order valence-electron chi connectivity index (χ4n) is 3.87. The number of likely N-dealkylation sites (tertiary alicyclic amines) is 1. The van der Waals surface area contributed by atoms with Crippen LogP contribution in [0.2, 0.25) is 0 Å². The molecule has 0 spiro atoms. The lowest BCUT2D eigenvalue weighted by atomic mass is 9.93. The summed E-state index contributed by atoms with van der Waals surface area (Å²) in [5.74, 6) is 1.92. The molecule has 156 valence electrons. The van der Waals surface area contributed by atoms with Crippen molar-refractivity contribution in [1.82, 2.24) is 15.4 Å². The molecule has 8 heteroatoms. The van der Waals surface area contributed by atoms with E-state index in [4.69, 9.17) is 15.4 Å². The normalized spacial score (nSPS) is 23.0. The lowest BCUT2D eigenvalue weighted by Crippen LogP contribution is -2.42. The molecule has 1 aromatic heterocycles. The highest BCUT2D eigenvalue weighted by molar-refractivity contribution is 5.90. The lowest BCUT2D eigenvalue weighted by Gasteiger charge is -2.33. The van der Waals surface area contributed by atoms with E-state index in [2.05, 4.69) is 10.5 Å². The molecule has 28 heavy (non-hydrogen) atoms. The summed E-state index contributed by atoms with van der Waals surface area (Å²) in [6, 6.07) is 1.62. The fourth-order valence-corrected chi connectivity index (χ4v) is 3.87. The van der Waals surface area contributed by atoms with Crippen molar-refractivity contribution in [2.24, 2.45) is 17.6 Å². The average Bonchev–Trinajstić information content (AvgIpc) is 3.45. The first-order valence-electron chi connectivity index (χ1n) is 10.4. The van der Waals surface area contributed by atoms with Crippen LogP contribution in [0.1, 0.15) is 67.1 Å². The Bertz CT molecular complexity index is 652. The van der Waals surface area contributed by atoms with Crippen molar-refractivity contribution < 1.29 is 19.2 Å². The van der Waals surface area contributed by atoms with Crippen LogP contribution in [0, 0.1) is 11.8 Å². The number of primary amides is 1. The Morgan fingerprint density at radius 2 is 1.96 bits per heavy atom. The number of carbonyl (C=O) groups is 2. The van der Waals surface area contributed by atoms with Crippen molar-refractivity contribution in [3.8, 4) is 0 Å². The highest BCUT2D eigenvalue weighted by Gasteiger charge is 2.28. The van der Waals surface area contributed by atoms with E-state index in [1.807, 2.05) is 4.90 Å². The zero-order chi connectivity index (χ0) is 19.9. The van der Waals surface area contributed by atoms with Crippen molar-refractivity contribution in [1.29, 1.82) is 0 Å². The van der Waals surface area contributed by atoms with Crippen LogP contribution < -0.4 is 11.1 Å². The molecule has 2 saturated heterocycles. The fraction of sp³-hybridized carbons (Fsp3) is 0.750. The number of aliphatic hydroxyl groups is 1. The van der Waals surface area contributed by atoms with Crippen molar-refractivity contribution in [3.63, 3.8) is 0 Å². The smallest absolute Gasteiger partial charge is 0.270 e. The molecule has 3 heterocycles. The number of piperidine rings is 2. The van der Waals surface area contributed by atoms with Gasteiger partial charge in [-0.05, 0) is 63.5 Å². The van der Waals surface area contributed by atoms with E-state index in [0.717, 1.165) is 70.5 Å². The van der Waals surface area contributed by atoms with E-state index in [1.165, 1.54) is 0 Å². The largest absolute Gasteiger partial charge is 0.396 e. The van der Waals surface area contributed by atoms with Gasteiger partial charge in [0.2, 0.25) is 5.91 Å². The first-order valence-corrected chi connectivity index (χ1v) is 10.4. The number of hydrogen-bond acceptors (Lipinski definition) is 6. The van der Waals surface area contributed by atoms with Gasteiger partial charge in [-0.3, -0.25) is 9.59 Å². The first kappa shape index (κ1) is 20.8. The maximum atomic E-state index is 12.2. The Labute approximate surface area is 165 Å². The van der Waals surface area contributed by atoms with E-state index >= 15 is 0 Å². The highest BCUT2D eigenvalue weighted by atomic mass is 16.5. The molecular formula is C20H32N4O4. The minimum absolute atomic E-state index is 0.219. The van der Waals surface area contributed by atoms with E-state index in [9.17, 15) is 9.59 Å². The van der Waals surface area contributed by atoms with Gasteiger partial charge in [0.15, 0.2) is 5.69 Å². The molecule has 1 atom stereocenters. The molecule has 8 nitrogen and oxygen atoms in total. The van der Waals surface area contributed by atoms with Gasteiger partial charge in [0.25, 0.3) is 5.91 Å². The molecule has 4 N–H and O–H groups in total. The Morgan fingerprint density at radius 1 is 1.21 bits per heavy atom. The number of carbonyl (C=O) groups excluding carboxylic acids is 2. The van der Waals surface area contributed by atoms with Crippen molar-refractivity contribution >= 4 is 11.8 Å². The summed E-state index contributed by atoms with van der Waals surface area (Å²) < 4.78 is 4.90. The van der Waals surface area contributed by atoms with Gasteiger partial charge in [0, 0.05) is 38.1 Å². The van der Waals surface area contributed by atoms with Crippen LogP contribution >= 0.6 is 0 Å². The Balaban J connectivity index is 0.000000176. The number of aliphatic hydroxyl groups excluding tert-OH is 1. The van der Waals surface area contributed by atoms with Crippen LogP contribution in [-0.4, -0.2) is 59.8 Å². The van der Waals surface area contributed by atoms with Crippen LogP contribution in [0.3, 0.4) is 0 Å². The summed E-state index contributed by atoms with van der Waals surface area (Å²) in [6.07, 6.45) is 7.34. The summed E-state index contributed by atoms with van der Waals surface area (Å²) in [5, 5.41) is 16.0. The van der Waals surface area contributed by atoms with Crippen LogP contribution in [0.15, 0.2) is 10.6 Å². The Kier molecular flexibility index (Phi) is 7.44. The van der Waals surface area contributed by atoms with Gasteiger partial charge in [-0.15, -0.1) is 0 Å². The number of nitrogens with two attached hydrogens (primary N) is 1. The molecule has 0 radical (unpaired) electrons. The summed E-state index contributed by atoms with van der Waals surface area (Å²) in [5.41, 5.74) is 5.21. The third-order valence-electron chi connectivity index (χ3n) is 5.81. The third-order valence-corrected chi connectivity index (χ3v) is 5.81. The van der Waals surface area contributed by atoms with Crippen molar-refractivity contribution in [3.05, 3.63) is 17.5 Å². The van der Waals surface area contributed by atoms with Crippen molar-refractivity contribution in [2.75, 3.05) is 32.8 Å². The van der Waals surface area contributed by atoms with Gasteiger partial charge in [0.05, 0.1) is 0 Å². The Hall–Kier alpha value is -1.93. The second-order valence-electron chi connectivity index (χ2n) is 8.18. The maximum Gasteiger partial charge on any atom is 0.270 e. The van der Waals surface area contributed by atoms with Crippen LogP contribution in [0.5, 0.6) is 0 Å². The first-order chi connectivity index (χ1) is 13.6. The van der Waals surface area contributed by atoms with E-state index in [1.54, 1.807) is 6.07 Å². The molecule has 0 bridgehead atoms. The second-order valence-corrected chi connectivity index (χ2v) is 8.18. The van der Waals surface area contributed by atoms with Gasteiger partial charge in [-0.25, -0.2) is 0 Å². The minimum atomic E-state index is -0.527. The molecular weight excluding hydrogens is 360 g/mol. The van der Waals surface area contributed by atoms with Crippen LogP contribution in [0.4, 0.5) is 0 Å². The van der Waals surface area contributed by atoms with Gasteiger partial charge in [0.1, 0.15) is 5.76 Å². The zero-order valence-corrected chi connectivity index (χ0v) is 16.4. The predicted octanol–water partition coefficient (Wildman–Crippen LogP) is 1.26. The van der Waals surface area contributed by atoms with E-state index in [-0.39, 0.29) is 12.3 Å². The summed E-state index contributed by atoms with van der Waals surface area (Å²) in [4.78, 5) is 24.7. The molecule has 2 amide bonds. The SMILES string of the molecule is NC(=O)c1cc(C2CC2)on1.O=C(CC1CCNCC1)N1CCCC(CO)C1. The summed E-state index contributed by atoms with van der Waals surface area (Å²) >= 11 is 0. The van der Waals surface area contributed by atoms with E-state index in [0.29, 0.717) is 30.1 Å². The molecule has 1 aliphatic carbocycles. The second kappa shape index (κ2) is 10.0. The average molecular weight is 393 g/mol. The summed E-state index contributed by atoms with van der Waals surface area (Å²) in [7, 11) is 0. The van der Waals surface area contributed by atoms with E-state index < -0.39 is 5.91 Å². The molecule has 4 rings (SSSR count). The Morgan fingerprint density at radius 3 is 2.57 bits per heavy atom. The monoisotopic (exact) mass is 392 g/mol. The zero-order valence-electron chi connectivity index (χ0n) is 16.4. The van der Waals surface area contributed by atoms with Crippen molar-refractivity contribution in [2.45, 2.75) is 50.9 Å². The van der Waals surface area contributed by atoms with Gasteiger partial charge in [-0.1, -0.05) is 5.16 Å². The third kappa shape index (κ3) is 6.04. The van der Waals surface area contributed by atoms with Gasteiger partial charge >= 0.3 is 0 Å². The molecule has 1 aromatic rings. The quantitative estimate of drug-likeness (QED) is 0.693. The topological polar surface area (TPSA) is 122 Å². The van der Waals surface area contributed by atoms with Gasteiger partial charge in [-0.2, -0.15) is 0 Å². The highest BCUT2D eigenvalue weighted by Crippen LogP contribution is 2.40. The molecule has 1 unspecified atom stereocenters. The number of hydrogen-bond donors (Lipinski definition) is 3. The number of rotatable bonds is 5. The minimum Gasteiger partial charge on any atom is -0.396 e. The molecule has 2 aliphatic heterocycles. The molecule has 3 fully saturated rings. The standard InChI is InChI=1S/C13H24N2O2.C7H8N2O2/c16-10-12-2-1-7-15(9-12)13(17)8-11-3-5-14-6-4-11;8-7(10)5-3-6(11-9-5)4-1-2-4/h11-12,14,16H,1-10H2;3-4H,1-2H2,(H2,8,10). The van der Waals surface area contributed by atoms with Crippen LogP contribution in [0.25, 0.3) is 0 Å². The summed E-state index contributed by atoms with van der Waals surface area (Å²) in [6.45, 7) is 3.98.